The van der Waals surface area contributed by atoms with E-state index < -0.39 is 11.4 Å². The first-order chi connectivity index (χ1) is 12.0. The van der Waals surface area contributed by atoms with Gasteiger partial charge in [-0.05, 0) is 37.5 Å². The van der Waals surface area contributed by atoms with Gasteiger partial charge >= 0.3 is 0 Å². The van der Waals surface area contributed by atoms with E-state index in [1.165, 1.54) is 18.2 Å². The van der Waals surface area contributed by atoms with Crippen LogP contribution in [0.4, 0.5) is 4.39 Å². The molecule has 136 valence electrons. The summed E-state index contributed by atoms with van der Waals surface area (Å²) in [5.74, 6) is -0.671. The van der Waals surface area contributed by atoms with Crippen LogP contribution in [0, 0.1) is 5.82 Å². The van der Waals surface area contributed by atoms with E-state index in [2.05, 4.69) is 0 Å². The van der Waals surface area contributed by atoms with E-state index in [1.807, 2.05) is 0 Å². The van der Waals surface area contributed by atoms with Crippen molar-refractivity contribution in [2.24, 2.45) is 0 Å². The zero-order chi connectivity index (χ0) is 17.9. The number of benzene rings is 1. The normalized spacial score (nSPS) is 20.4. The summed E-state index contributed by atoms with van der Waals surface area (Å²) in [6, 6.07) is 5.69. The van der Waals surface area contributed by atoms with Gasteiger partial charge in [-0.3, -0.25) is 9.59 Å². The van der Waals surface area contributed by atoms with Crippen LogP contribution in [0.1, 0.15) is 48.9 Å². The summed E-state index contributed by atoms with van der Waals surface area (Å²) in [6.07, 6.45) is 4.18. The highest BCUT2D eigenvalue weighted by molar-refractivity contribution is 5.94. The number of halogens is 1. The largest absolute Gasteiger partial charge is 0.389 e. The van der Waals surface area contributed by atoms with Gasteiger partial charge in [-0.25, -0.2) is 4.39 Å². The average Bonchev–Trinajstić information content (AvgIpc) is 2.86. The Balaban J connectivity index is 1.58. The van der Waals surface area contributed by atoms with Crippen LogP contribution in [0.5, 0.6) is 0 Å². The Morgan fingerprint density at radius 1 is 1.04 bits per heavy atom. The Bertz CT molecular complexity index is 643. The molecule has 5 nitrogen and oxygen atoms in total. The zero-order valence-electron chi connectivity index (χ0n) is 14.4. The first-order valence-corrected chi connectivity index (χ1v) is 9.02. The topological polar surface area (TPSA) is 60.9 Å². The van der Waals surface area contributed by atoms with Crippen LogP contribution in [0.25, 0.3) is 0 Å². The van der Waals surface area contributed by atoms with Crippen LogP contribution in [0.2, 0.25) is 0 Å². The molecule has 1 aliphatic carbocycles. The third kappa shape index (κ3) is 4.37. The first-order valence-electron chi connectivity index (χ1n) is 9.02. The quantitative estimate of drug-likeness (QED) is 0.911. The minimum Gasteiger partial charge on any atom is -0.389 e. The molecular weight excluding hydrogens is 323 g/mol. The number of hydrogen-bond donors (Lipinski definition) is 1. The number of nitrogens with zero attached hydrogens (tertiary/aromatic N) is 2. The molecule has 1 heterocycles. The summed E-state index contributed by atoms with van der Waals surface area (Å²) in [6.45, 7) is 2.01. The summed E-state index contributed by atoms with van der Waals surface area (Å²) in [5, 5.41) is 10.4. The minimum atomic E-state index is -0.847. The Kier molecular flexibility index (Phi) is 5.37. The molecule has 2 aliphatic rings. The highest BCUT2D eigenvalue weighted by Crippen LogP contribution is 2.32. The van der Waals surface area contributed by atoms with Crippen molar-refractivity contribution in [1.29, 1.82) is 0 Å². The maximum Gasteiger partial charge on any atom is 0.254 e. The van der Waals surface area contributed by atoms with Crippen LogP contribution in [-0.4, -0.2) is 58.5 Å². The SMILES string of the molecule is O=C(CC1(O)CCCC1)N1CCCN(C(=O)c2cccc(F)c2)CC1. The molecule has 1 aromatic rings. The molecule has 0 radical (unpaired) electrons. The number of aliphatic hydroxyl groups is 1. The van der Waals surface area contributed by atoms with Crippen molar-refractivity contribution in [2.45, 2.75) is 44.1 Å². The predicted octanol–water partition coefficient (Wildman–Crippen LogP) is 2.20. The second-order valence-corrected chi connectivity index (χ2v) is 7.15. The van der Waals surface area contributed by atoms with Crippen LogP contribution in [0.3, 0.4) is 0 Å². The highest BCUT2D eigenvalue weighted by Gasteiger charge is 2.35. The van der Waals surface area contributed by atoms with E-state index in [0.717, 1.165) is 12.8 Å². The Morgan fingerprint density at radius 2 is 1.72 bits per heavy atom. The number of carbonyl (C=O) groups is 2. The fraction of sp³-hybridized carbons (Fsp3) is 0.579. The maximum absolute atomic E-state index is 13.3. The molecule has 1 aromatic carbocycles. The molecule has 6 heteroatoms. The van der Waals surface area contributed by atoms with Crippen molar-refractivity contribution >= 4 is 11.8 Å². The van der Waals surface area contributed by atoms with Crippen molar-refractivity contribution in [3.8, 4) is 0 Å². The monoisotopic (exact) mass is 348 g/mol. The molecule has 25 heavy (non-hydrogen) atoms. The lowest BCUT2D eigenvalue weighted by molar-refractivity contribution is -0.136. The standard InChI is InChI=1S/C19H25FN2O3/c20-16-6-3-5-15(13-16)18(24)22-10-4-9-21(11-12-22)17(23)14-19(25)7-1-2-8-19/h3,5-6,13,25H,1-2,4,7-12,14H2. The molecule has 0 atom stereocenters. The molecule has 2 amide bonds. The fourth-order valence-electron chi connectivity index (χ4n) is 3.78. The minimum absolute atomic E-state index is 0.0375. The average molecular weight is 348 g/mol. The van der Waals surface area contributed by atoms with Gasteiger partial charge in [-0.2, -0.15) is 0 Å². The van der Waals surface area contributed by atoms with Gasteiger partial charge in [0.05, 0.1) is 12.0 Å². The molecule has 1 aliphatic heterocycles. The van der Waals surface area contributed by atoms with Gasteiger partial charge in [0.15, 0.2) is 0 Å². The summed E-state index contributed by atoms with van der Waals surface area (Å²) in [5.41, 5.74) is -0.513. The van der Waals surface area contributed by atoms with E-state index in [9.17, 15) is 19.1 Å². The van der Waals surface area contributed by atoms with E-state index in [4.69, 9.17) is 0 Å². The summed E-state index contributed by atoms with van der Waals surface area (Å²) < 4.78 is 13.3. The van der Waals surface area contributed by atoms with Gasteiger partial charge in [0, 0.05) is 31.7 Å². The lowest BCUT2D eigenvalue weighted by Gasteiger charge is -2.27. The molecule has 1 saturated heterocycles. The molecule has 1 saturated carbocycles. The summed E-state index contributed by atoms with van der Waals surface area (Å²) in [4.78, 5) is 28.5. The Morgan fingerprint density at radius 3 is 2.44 bits per heavy atom. The van der Waals surface area contributed by atoms with Crippen LogP contribution in [0.15, 0.2) is 24.3 Å². The molecule has 0 bridgehead atoms. The second-order valence-electron chi connectivity index (χ2n) is 7.15. The molecule has 2 fully saturated rings. The molecule has 0 aromatic heterocycles. The third-order valence-electron chi connectivity index (χ3n) is 5.22. The number of rotatable bonds is 3. The number of hydrogen-bond acceptors (Lipinski definition) is 3. The fourth-order valence-corrected chi connectivity index (χ4v) is 3.78. The van der Waals surface area contributed by atoms with Crippen molar-refractivity contribution in [3.63, 3.8) is 0 Å². The van der Waals surface area contributed by atoms with Crippen molar-refractivity contribution in [2.75, 3.05) is 26.2 Å². The van der Waals surface area contributed by atoms with Crippen LogP contribution in [-0.2, 0) is 4.79 Å². The molecule has 3 rings (SSSR count). The maximum atomic E-state index is 13.3. The van der Waals surface area contributed by atoms with Crippen LogP contribution < -0.4 is 0 Å². The smallest absolute Gasteiger partial charge is 0.254 e. The van der Waals surface area contributed by atoms with E-state index in [1.54, 1.807) is 15.9 Å². The van der Waals surface area contributed by atoms with E-state index in [0.29, 0.717) is 51.0 Å². The highest BCUT2D eigenvalue weighted by atomic mass is 19.1. The second kappa shape index (κ2) is 7.52. The van der Waals surface area contributed by atoms with Crippen molar-refractivity contribution in [1.82, 2.24) is 9.80 Å². The van der Waals surface area contributed by atoms with Gasteiger partial charge in [-0.1, -0.05) is 18.9 Å². The van der Waals surface area contributed by atoms with E-state index >= 15 is 0 Å². The van der Waals surface area contributed by atoms with Gasteiger partial charge in [0.1, 0.15) is 5.82 Å². The lowest BCUT2D eigenvalue weighted by atomic mass is 9.97. The molecule has 0 unspecified atom stereocenters. The van der Waals surface area contributed by atoms with Gasteiger partial charge in [-0.15, -0.1) is 0 Å². The third-order valence-corrected chi connectivity index (χ3v) is 5.22. The van der Waals surface area contributed by atoms with Crippen molar-refractivity contribution < 1.29 is 19.1 Å². The molecular formula is C19H25FN2O3. The molecule has 1 N–H and O–H groups in total. The van der Waals surface area contributed by atoms with Gasteiger partial charge < -0.3 is 14.9 Å². The molecule has 0 spiro atoms. The van der Waals surface area contributed by atoms with Gasteiger partial charge in [0.25, 0.3) is 5.91 Å². The van der Waals surface area contributed by atoms with Gasteiger partial charge in [0.2, 0.25) is 5.91 Å². The zero-order valence-corrected chi connectivity index (χ0v) is 14.4. The van der Waals surface area contributed by atoms with Crippen molar-refractivity contribution in [3.05, 3.63) is 35.6 Å². The number of amides is 2. The summed E-state index contributed by atoms with van der Waals surface area (Å²) in [7, 11) is 0. The predicted molar refractivity (Wildman–Crippen MR) is 91.5 cm³/mol. The van der Waals surface area contributed by atoms with E-state index in [-0.39, 0.29) is 18.2 Å². The Labute approximate surface area is 147 Å². The number of carbonyl (C=O) groups excluding carboxylic acids is 2. The first kappa shape index (κ1) is 17.9. The summed E-state index contributed by atoms with van der Waals surface area (Å²) >= 11 is 0. The Hall–Kier alpha value is -1.95. The lowest BCUT2D eigenvalue weighted by Crippen LogP contribution is -2.40. The van der Waals surface area contributed by atoms with Crippen LogP contribution >= 0.6 is 0 Å².